The summed E-state index contributed by atoms with van der Waals surface area (Å²) in [6.07, 6.45) is -7.44. The molecule has 0 unspecified atom stereocenters. The highest BCUT2D eigenvalue weighted by Crippen LogP contribution is 2.06. The lowest BCUT2D eigenvalue weighted by molar-refractivity contribution is -0.158. The van der Waals surface area contributed by atoms with Gasteiger partial charge in [-0.05, 0) is 0 Å². The van der Waals surface area contributed by atoms with Gasteiger partial charge in [-0.1, -0.05) is 0 Å². The maximum atomic E-state index is 11.9. The summed E-state index contributed by atoms with van der Waals surface area (Å²) in [4.78, 5) is 46.5. The minimum absolute atomic E-state index is 0.189. The molecule has 0 aliphatic rings. The van der Waals surface area contributed by atoms with Crippen LogP contribution in [0.15, 0.2) is 0 Å². The van der Waals surface area contributed by atoms with Crippen LogP contribution in [0, 0.1) is 0 Å². The van der Waals surface area contributed by atoms with Crippen molar-refractivity contribution in [2.24, 2.45) is 0 Å². The number of aliphatic carboxylic acids is 3. The van der Waals surface area contributed by atoms with E-state index in [1.807, 2.05) is 0 Å². The van der Waals surface area contributed by atoms with E-state index < -0.39 is 87.7 Å². The fraction of sp³-hybridized carbons (Fsp3) is 0.750. The van der Waals surface area contributed by atoms with Gasteiger partial charge in [0, 0.05) is 13.1 Å². The van der Waals surface area contributed by atoms with Gasteiger partial charge in [0.2, 0.25) is 0 Å². The first kappa shape index (κ1) is 28.6. The number of ether oxygens (including phenoxy) is 1. The van der Waals surface area contributed by atoms with E-state index >= 15 is 0 Å². The molecule has 0 saturated heterocycles. The molecule has 0 aliphatic carbocycles. The Kier molecular flexibility index (Phi) is 13.4. The summed E-state index contributed by atoms with van der Waals surface area (Å²) in [7, 11) is 0. The monoisotopic (exact) mass is 456 g/mol. The van der Waals surface area contributed by atoms with Crippen LogP contribution in [0.2, 0.25) is 0 Å². The molecule has 0 bridgehead atoms. The number of nitrogens with zero attached hydrogens (tertiary/aromatic N) is 2. The maximum Gasteiger partial charge on any atom is 0.320 e. The average molecular weight is 456 g/mol. The van der Waals surface area contributed by atoms with Crippen LogP contribution in [0.1, 0.15) is 0 Å². The van der Waals surface area contributed by atoms with Crippen LogP contribution in [-0.2, 0) is 23.9 Å². The third-order valence-corrected chi connectivity index (χ3v) is 3.90. The van der Waals surface area contributed by atoms with E-state index in [-0.39, 0.29) is 13.1 Å². The number of rotatable bonds is 17. The van der Waals surface area contributed by atoms with Crippen LogP contribution < -0.4 is 0 Å². The number of carbonyl (C=O) groups excluding carboxylic acids is 1. The van der Waals surface area contributed by atoms with Crippen molar-refractivity contribution in [3.63, 3.8) is 0 Å². The van der Waals surface area contributed by atoms with Gasteiger partial charge in [0.1, 0.15) is 31.0 Å². The highest BCUT2D eigenvalue weighted by molar-refractivity contribution is 5.74. The van der Waals surface area contributed by atoms with Crippen LogP contribution in [0.5, 0.6) is 0 Å². The summed E-state index contributed by atoms with van der Waals surface area (Å²) >= 11 is 0. The van der Waals surface area contributed by atoms with Crippen LogP contribution in [-0.4, -0.2) is 151 Å². The van der Waals surface area contributed by atoms with Crippen molar-refractivity contribution in [1.82, 2.24) is 9.80 Å². The molecule has 8 N–H and O–H groups in total. The largest absolute Gasteiger partial charge is 0.480 e. The predicted octanol–water partition coefficient (Wildman–Crippen LogP) is -5.18. The molecule has 15 heteroatoms. The molecular weight excluding hydrogens is 428 g/mol. The third-order valence-electron chi connectivity index (χ3n) is 3.90. The van der Waals surface area contributed by atoms with Gasteiger partial charge in [-0.3, -0.25) is 29.0 Å². The molecule has 0 heterocycles. The molecule has 0 amide bonds. The Balaban J connectivity index is 4.78. The highest BCUT2D eigenvalue weighted by Gasteiger charge is 2.31. The second-order valence-electron chi connectivity index (χ2n) is 6.58. The van der Waals surface area contributed by atoms with E-state index in [2.05, 4.69) is 0 Å². The van der Waals surface area contributed by atoms with Crippen molar-refractivity contribution in [1.29, 1.82) is 0 Å². The summed E-state index contributed by atoms with van der Waals surface area (Å²) in [5, 5.41) is 73.3. The molecule has 0 aliphatic heterocycles. The smallest absolute Gasteiger partial charge is 0.320 e. The zero-order chi connectivity index (χ0) is 24.1. The van der Waals surface area contributed by atoms with Gasteiger partial charge < -0.3 is 45.6 Å². The minimum Gasteiger partial charge on any atom is -0.480 e. The Hall–Kier alpha value is -2.40. The molecule has 31 heavy (non-hydrogen) atoms. The zero-order valence-electron chi connectivity index (χ0n) is 16.5. The predicted molar refractivity (Wildman–Crippen MR) is 97.9 cm³/mol. The molecule has 0 aromatic rings. The van der Waals surface area contributed by atoms with Crippen molar-refractivity contribution in [2.45, 2.75) is 24.4 Å². The van der Waals surface area contributed by atoms with E-state index in [4.69, 9.17) is 25.2 Å². The van der Waals surface area contributed by atoms with E-state index in [9.17, 15) is 39.6 Å². The molecule has 15 nitrogen and oxygen atoms in total. The number of aliphatic hydroxyl groups excluding tert-OH is 5. The fourth-order valence-electron chi connectivity index (χ4n) is 2.35. The molecule has 0 fully saturated rings. The molecule has 0 aromatic carbocycles. The van der Waals surface area contributed by atoms with Gasteiger partial charge in [0.25, 0.3) is 0 Å². The van der Waals surface area contributed by atoms with Crippen molar-refractivity contribution in [3.05, 3.63) is 0 Å². The molecule has 0 aromatic heterocycles. The van der Waals surface area contributed by atoms with Gasteiger partial charge in [0.15, 0.2) is 0 Å². The summed E-state index contributed by atoms with van der Waals surface area (Å²) in [5.74, 6) is -4.96. The number of carboxylic acids is 3. The van der Waals surface area contributed by atoms with Gasteiger partial charge in [0.05, 0.1) is 32.8 Å². The summed E-state index contributed by atoms with van der Waals surface area (Å²) in [6, 6.07) is 0. The van der Waals surface area contributed by atoms with Crippen molar-refractivity contribution in [2.75, 3.05) is 52.5 Å². The second-order valence-corrected chi connectivity index (χ2v) is 6.58. The van der Waals surface area contributed by atoms with Crippen LogP contribution in [0.4, 0.5) is 0 Å². The van der Waals surface area contributed by atoms with Gasteiger partial charge in [-0.2, -0.15) is 0 Å². The van der Waals surface area contributed by atoms with Crippen molar-refractivity contribution < 1.29 is 64.8 Å². The average Bonchev–Trinajstić information content (AvgIpc) is 2.66. The Bertz CT molecular complexity index is 586. The Labute approximate surface area is 176 Å². The van der Waals surface area contributed by atoms with Crippen molar-refractivity contribution in [3.8, 4) is 0 Å². The quantitative estimate of drug-likeness (QED) is 0.0953. The molecule has 4 atom stereocenters. The first-order valence-electron chi connectivity index (χ1n) is 8.96. The fourth-order valence-corrected chi connectivity index (χ4v) is 2.35. The number of carbonyl (C=O) groups is 4. The number of carboxylic acid groups (broad SMARTS) is 3. The van der Waals surface area contributed by atoms with E-state index in [0.29, 0.717) is 0 Å². The summed E-state index contributed by atoms with van der Waals surface area (Å²) in [6.45, 7) is -4.62. The first-order valence-corrected chi connectivity index (χ1v) is 8.96. The number of hydrogen-bond donors (Lipinski definition) is 8. The lowest BCUT2D eigenvalue weighted by Crippen LogP contribution is -2.48. The lowest BCUT2D eigenvalue weighted by Gasteiger charge is -2.26. The van der Waals surface area contributed by atoms with E-state index in [1.54, 1.807) is 0 Å². The standard InChI is InChI=1S/C16H28N2O13/c19-7-9(20)15(29)16(30)10(21)8-31-14(28)6-18(5-13(26)27)2-1-17(3-11(22)23)4-12(24)25/h9-10,15-16,19-21,29-30H,1-8H2,(H,22,23)(H,24,25)(H,26,27)/t9-,10-,15-,16-/m1/s1. The molecule has 0 spiro atoms. The summed E-state index contributed by atoms with van der Waals surface area (Å²) in [5.41, 5.74) is 0. The highest BCUT2D eigenvalue weighted by atomic mass is 16.5. The lowest BCUT2D eigenvalue weighted by atomic mass is 10.0. The van der Waals surface area contributed by atoms with Gasteiger partial charge >= 0.3 is 23.9 Å². The third kappa shape index (κ3) is 12.8. The van der Waals surface area contributed by atoms with E-state index in [1.165, 1.54) is 0 Å². The summed E-state index contributed by atoms with van der Waals surface area (Å²) < 4.78 is 4.70. The number of hydrogen-bond acceptors (Lipinski definition) is 12. The topological polar surface area (TPSA) is 246 Å². The van der Waals surface area contributed by atoms with E-state index in [0.717, 1.165) is 9.80 Å². The number of aliphatic hydroxyl groups is 5. The first-order chi connectivity index (χ1) is 14.4. The van der Waals surface area contributed by atoms with Gasteiger partial charge in [-0.25, -0.2) is 0 Å². The Morgan fingerprint density at radius 3 is 1.45 bits per heavy atom. The van der Waals surface area contributed by atoms with Crippen LogP contribution in [0.3, 0.4) is 0 Å². The Morgan fingerprint density at radius 2 is 1.06 bits per heavy atom. The van der Waals surface area contributed by atoms with Gasteiger partial charge in [-0.15, -0.1) is 0 Å². The number of esters is 1. The zero-order valence-corrected chi connectivity index (χ0v) is 16.5. The minimum atomic E-state index is -1.95. The van der Waals surface area contributed by atoms with Crippen molar-refractivity contribution >= 4 is 23.9 Å². The SMILES string of the molecule is O=C(O)CN(CCN(CC(=O)O)CC(=O)OC[C@@H](O)[C@@H](O)[C@H](O)[C@H](O)CO)CC(=O)O. The van der Waals surface area contributed by atoms with Crippen LogP contribution in [0.25, 0.3) is 0 Å². The molecule has 0 radical (unpaired) electrons. The molecule has 180 valence electrons. The maximum absolute atomic E-state index is 11.9. The molecule has 0 saturated carbocycles. The van der Waals surface area contributed by atoms with Crippen LogP contribution >= 0.6 is 0 Å². The second kappa shape index (κ2) is 14.6. The molecule has 0 rings (SSSR count). The Morgan fingerprint density at radius 1 is 0.677 bits per heavy atom. The molecular formula is C16H28N2O13. The normalized spacial score (nSPS) is 15.3.